The highest BCUT2D eigenvalue weighted by atomic mass is 16.5. The molecule has 0 saturated carbocycles. The van der Waals surface area contributed by atoms with Crippen LogP contribution in [0, 0.1) is 5.41 Å². The molecule has 1 aliphatic rings. The molecule has 0 radical (unpaired) electrons. The van der Waals surface area contributed by atoms with Crippen molar-refractivity contribution < 1.29 is 14.3 Å². The van der Waals surface area contributed by atoms with Gasteiger partial charge in [-0.3, -0.25) is 9.48 Å². The Kier molecular flexibility index (Phi) is 5.27. The van der Waals surface area contributed by atoms with Gasteiger partial charge in [0.15, 0.2) is 0 Å². The summed E-state index contributed by atoms with van der Waals surface area (Å²) in [5.41, 5.74) is 3.26. The zero-order chi connectivity index (χ0) is 16.2. The van der Waals surface area contributed by atoms with Gasteiger partial charge >= 0.3 is 5.97 Å². The van der Waals surface area contributed by atoms with Gasteiger partial charge in [-0.2, -0.15) is 5.10 Å². The Hall–Kier alpha value is -1.78. The number of methoxy groups -OCH3 is 1. The summed E-state index contributed by atoms with van der Waals surface area (Å²) < 4.78 is 12.2. The van der Waals surface area contributed by atoms with E-state index in [1.165, 1.54) is 16.8 Å². The Morgan fingerprint density at radius 3 is 2.91 bits per heavy atom. The molecule has 0 saturated heterocycles. The van der Waals surface area contributed by atoms with E-state index in [1.807, 2.05) is 31.7 Å². The highest BCUT2D eigenvalue weighted by molar-refractivity contribution is 5.75. The number of nitrogens with zero attached hydrogens (tertiary/aromatic N) is 2. The summed E-state index contributed by atoms with van der Waals surface area (Å²) in [6.45, 7) is 6.83. The summed E-state index contributed by atoms with van der Waals surface area (Å²) in [7, 11) is 1.68. The number of ether oxygens (including phenoxy) is 2. The van der Waals surface area contributed by atoms with E-state index >= 15 is 0 Å². The number of aryl methyl sites for hydroxylation is 2. The lowest BCUT2D eigenvalue weighted by Crippen LogP contribution is -2.28. The van der Waals surface area contributed by atoms with Crippen molar-refractivity contribution in [2.24, 2.45) is 5.41 Å². The van der Waals surface area contributed by atoms with Crippen LogP contribution < -0.4 is 0 Å². The van der Waals surface area contributed by atoms with Crippen LogP contribution in [0.3, 0.4) is 0 Å². The Morgan fingerprint density at radius 1 is 1.45 bits per heavy atom. The number of hydrogen-bond acceptors (Lipinski definition) is 4. The van der Waals surface area contributed by atoms with Crippen LogP contribution in [0.5, 0.6) is 0 Å². The molecule has 122 valence electrons. The zero-order valence-electron chi connectivity index (χ0n) is 14.0. The minimum Gasteiger partial charge on any atom is -0.504 e. The molecular formula is C17H26N2O3. The summed E-state index contributed by atoms with van der Waals surface area (Å²) >= 11 is 0. The van der Waals surface area contributed by atoms with Crippen molar-refractivity contribution in [1.82, 2.24) is 9.78 Å². The smallest absolute Gasteiger partial charge is 0.311 e. The molecule has 0 spiro atoms. The van der Waals surface area contributed by atoms with Crippen molar-refractivity contribution in [3.63, 3.8) is 0 Å². The predicted octanol–water partition coefficient (Wildman–Crippen LogP) is 2.88. The van der Waals surface area contributed by atoms with Crippen LogP contribution in [0.2, 0.25) is 0 Å². The summed E-state index contributed by atoms with van der Waals surface area (Å²) in [6, 6.07) is 0. The normalized spacial score (nSPS) is 16.5. The van der Waals surface area contributed by atoms with Crippen molar-refractivity contribution in [2.45, 2.75) is 53.0 Å². The first-order valence-corrected chi connectivity index (χ1v) is 7.89. The van der Waals surface area contributed by atoms with E-state index in [2.05, 4.69) is 11.3 Å². The number of allylic oxidation sites excluding steroid dienone is 1. The topological polar surface area (TPSA) is 53.4 Å². The van der Waals surface area contributed by atoms with Crippen molar-refractivity contribution in [3.8, 4) is 0 Å². The third-order valence-electron chi connectivity index (χ3n) is 4.10. The minimum absolute atomic E-state index is 0.141. The van der Waals surface area contributed by atoms with Crippen molar-refractivity contribution in [3.05, 3.63) is 29.3 Å². The standard InChI is InChI=1S/C17H26N2O3/c1-5-22-16(20)17(2,3)8-9-19-11-14-10-13(12-21-4)6-7-15(14)18-19/h11-12H,5-10H2,1-4H3/b13-12-. The lowest BCUT2D eigenvalue weighted by atomic mass is 9.89. The summed E-state index contributed by atoms with van der Waals surface area (Å²) in [4.78, 5) is 11.9. The molecule has 0 bridgehead atoms. The van der Waals surface area contributed by atoms with Crippen LogP contribution in [0.15, 0.2) is 18.0 Å². The molecule has 5 heteroatoms. The number of aromatic nitrogens is 2. The van der Waals surface area contributed by atoms with Gasteiger partial charge in [-0.1, -0.05) is 0 Å². The van der Waals surface area contributed by atoms with Gasteiger partial charge in [-0.05, 0) is 51.2 Å². The van der Waals surface area contributed by atoms with Gasteiger partial charge < -0.3 is 9.47 Å². The van der Waals surface area contributed by atoms with Gasteiger partial charge in [-0.25, -0.2) is 0 Å². The van der Waals surface area contributed by atoms with E-state index in [0.29, 0.717) is 13.0 Å². The molecule has 1 heterocycles. The third-order valence-corrected chi connectivity index (χ3v) is 4.10. The number of fused-ring (bicyclic) bond motifs is 1. The molecule has 0 aliphatic heterocycles. The molecule has 0 aromatic carbocycles. The molecule has 0 N–H and O–H groups in total. The molecule has 1 aromatic heterocycles. The van der Waals surface area contributed by atoms with Gasteiger partial charge in [0, 0.05) is 19.2 Å². The molecule has 0 amide bonds. The summed E-state index contributed by atoms with van der Waals surface area (Å²) in [6.07, 6.45) is 7.52. The molecule has 2 rings (SSSR count). The maximum Gasteiger partial charge on any atom is 0.311 e. The van der Waals surface area contributed by atoms with E-state index in [0.717, 1.165) is 25.8 Å². The summed E-state index contributed by atoms with van der Waals surface area (Å²) in [5, 5.41) is 4.65. The molecule has 22 heavy (non-hydrogen) atoms. The fraction of sp³-hybridized carbons (Fsp3) is 0.647. The molecular weight excluding hydrogens is 280 g/mol. The lowest BCUT2D eigenvalue weighted by Gasteiger charge is -2.21. The van der Waals surface area contributed by atoms with E-state index in [4.69, 9.17) is 9.47 Å². The molecule has 1 aliphatic carbocycles. The van der Waals surface area contributed by atoms with Gasteiger partial charge in [-0.15, -0.1) is 0 Å². The zero-order valence-corrected chi connectivity index (χ0v) is 14.0. The fourth-order valence-electron chi connectivity index (χ4n) is 2.68. The molecule has 0 atom stereocenters. The minimum atomic E-state index is -0.483. The maximum absolute atomic E-state index is 11.9. The van der Waals surface area contributed by atoms with Crippen LogP contribution in [0.4, 0.5) is 0 Å². The number of hydrogen-bond donors (Lipinski definition) is 0. The second-order valence-electron chi connectivity index (χ2n) is 6.41. The highest BCUT2D eigenvalue weighted by Gasteiger charge is 2.29. The first kappa shape index (κ1) is 16.6. The van der Waals surface area contributed by atoms with Crippen LogP contribution in [-0.4, -0.2) is 29.5 Å². The van der Waals surface area contributed by atoms with Crippen LogP contribution >= 0.6 is 0 Å². The average Bonchev–Trinajstić information content (AvgIpc) is 2.88. The lowest BCUT2D eigenvalue weighted by molar-refractivity contribution is -0.153. The number of rotatable bonds is 6. The van der Waals surface area contributed by atoms with Crippen molar-refractivity contribution in [2.75, 3.05) is 13.7 Å². The Labute approximate surface area is 132 Å². The first-order valence-electron chi connectivity index (χ1n) is 7.89. The number of carbonyl (C=O) groups excluding carboxylic acids is 1. The predicted molar refractivity (Wildman–Crippen MR) is 84.4 cm³/mol. The largest absolute Gasteiger partial charge is 0.504 e. The maximum atomic E-state index is 11.9. The van der Waals surface area contributed by atoms with Crippen LogP contribution in [0.25, 0.3) is 0 Å². The highest BCUT2D eigenvalue weighted by Crippen LogP contribution is 2.26. The first-order chi connectivity index (χ1) is 10.5. The number of esters is 1. The molecule has 5 nitrogen and oxygen atoms in total. The van der Waals surface area contributed by atoms with E-state index in [1.54, 1.807) is 7.11 Å². The second-order valence-corrected chi connectivity index (χ2v) is 6.41. The average molecular weight is 306 g/mol. The monoisotopic (exact) mass is 306 g/mol. The molecule has 1 aromatic rings. The molecule has 0 unspecified atom stereocenters. The van der Waals surface area contributed by atoms with Crippen molar-refractivity contribution >= 4 is 5.97 Å². The molecule has 0 fully saturated rings. The van der Waals surface area contributed by atoms with E-state index in [-0.39, 0.29) is 5.97 Å². The Morgan fingerprint density at radius 2 is 2.23 bits per heavy atom. The SMILES string of the molecule is CCOC(=O)C(C)(C)CCn1cc2c(n1)CC/C(=C/OC)C2. The van der Waals surface area contributed by atoms with E-state index < -0.39 is 5.41 Å². The Bertz CT molecular complexity index is 558. The van der Waals surface area contributed by atoms with Gasteiger partial charge in [0.1, 0.15) is 0 Å². The van der Waals surface area contributed by atoms with E-state index in [9.17, 15) is 4.79 Å². The number of carbonyl (C=O) groups is 1. The summed E-state index contributed by atoms with van der Waals surface area (Å²) in [5.74, 6) is -0.141. The quantitative estimate of drug-likeness (QED) is 0.599. The Balaban J connectivity index is 1.98. The van der Waals surface area contributed by atoms with Crippen molar-refractivity contribution in [1.29, 1.82) is 0 Å². The van der Waals surface area contributed by atoms with Crippen LogP contribution in [-0.2, 0) is 33.7 Å². The van der Waals surface area contributed by atoms with Gasteiger partial charge in [0.05, 0.1) is 31.1 Å². The van der Waals surface area contributed by atoms with Gasteiger partial charge in [0.25, 0.3) is 0 Å². The van der Waals surface area contributed by atoms with Gasteiger partial charge in [0.2, 0.25) is 0 Å². The van der Waals surface area contributed by atoms with Crippen LogP contribution in [0.1, 0.15) is 44.9 Å². The second kappa shape index (κ2) is 6.99. The fourth-order valence-corrected chi connectivity index (χ4v) is 2.68. The third kappa shape index (κ3) is 3.90.